The summed E-state index contributed by atoms with van der Waals surface area (Å²) >= 11 is 0. The van der Waals surface area contributed by atoms with Crippen LogP contribution in [0.2, 0.25) is 0 Å². The number of hydrogen-bond donors (Lipinski definition) is 9. The smallest absolute Gasteiger partial charge is 0.338 e. The minimum atomic E-state index is -1.99. The summed E-state index contributed by atoms with van der Waals surface area (Å²) in [4.78, 5) is 24.5. The molecule has 0 spiro atoms. The number of ether oxygens (including phenoxy) is 3. The fourth-order valence-corrected chi connectivity index (χ4v) is 3.07. The van der Waals surface area contributed by atoms with Crippen molar-refractivity contribution >= 4 is 11.9 Å². The van der Waals surface area contributed by atoms with Gasteiger partial charge in [-0.2, -0.15) is 0 Å². The molecule has 9 N–H and O–H groups in total. The van der Waals surface area contributed by atoms with Gasteiger partial charge in [0.1, 0.15) is 24.9 Å². The molecule has 0 unspecified atom stereocenters. The number of phenolic OH excluding ortho intramolecular Hbond substituents is 6. The highest BCUT2D eigenvalue weighted by atomic mass is 16.7. The van der Waals surface area contributed by atoms with Crippen LogP contribution in [-0.4, -0.2) is 95.2 Å². The maximum Gasteiger partial charge on any atom is 0.338 e. The Balaban J connectivity index is 1.71. The number of carbonyl (C=O) groups is 2. The molecule has 0 saturated carbocycles. The fraction of sp³-hybridized carbons (Fsp3) is 0.300. The van der Waals surface area contributed by atoms with Crippen LogP contribution in [-0.2, 0) is 14.2 Å². The predicted octanol–water partition coefficient (Wildman–Crippen LogP) is -1.26. The Bertz CT molecular complexity index is 1050. The third-order valence-corrected chi connectivity index (χ3v) is 4.89. The van der Waals surface area contributed by atoms with Crippen molar-refractivity contribution in [2.45, 2.75) is 30.7 Å². The Morgan fingerprint density at radius 2 is 1.18 bits per heavy atom. The van der Waals surface area contributed by atoms with Gasteiger partial charge in [0.2, 0.25) is 0 Å². The van der Waals surface area contributed by atoms with Crippen LogP contribution in [0.25, 0.3) is 0 Å². The third-order valence-electron chi connectivity index (χ3n) is 4.89. The van der Waals surface area contributed by atoms with Gasteiger partial charge in [0.05, 0.1) is 11.1 Å². The van der Waals surface area contributed by atoms with E-state index in [4.69, 9.17) is 14.2 Å². The van der Waals surface area contributed by atoms with Crippen molar-refractivity contribution in [3.8, 4) is 34.5 Å². The summed E-state index contributed by atoms with van der Waals surface area (Å²) in [6.45, 7) is -0.749. The predicted molar refractivity (Wildman–Crippen MR) is 105 cm³/mol. The first-order chi connectivity index (χ1) is 15.9. The zero-order valence-electron chi connectivity index (χ0n) is 17.0. The summed E-state index contributed by atoms with van der Waals surface area (Å²) in [5.74, 6) is -7.48. The molecule has 0 amide bonds. The van der Waals surface area contributed by atoms with Crippen LogP contribution in [0.3, 0.4) is 0 Å². The van der Waals surface area contributed by atoms with E-state index in [1.54, 1.807) is 0 Å². The highest BCUT2D eigenvalue weighted by molar-refractivity contribution is 5.91. The Morgan fingerprint density at radius 3 is 1.65 bits per heavy atom. The van der Waals surface area contributed by atoms with Crippen LogP contribution in [0.4, 0.5) is 0 Å². The zero-order chi connectivity index (χ0) is 25.3. The van der Waals surface area contributed by atoms with Gasteiger partial charge in [-0.05, 0) is 24.3 Å². The first-order valence-corrected chi connectivity index (χ1v) is 9.48. The van der Waals surface area contributed by atoms with Gasteiger partial charge in [-0.25, -0.2) is 9.59 Å². The number of hydrogen-bond acceptors (Lipinski definition) is 14. The molecule has 5 atom stereocenters. The molecule has 0 aliphatic carbocycles. The quantitative estimate of drug-likeness (QED) is 0.178. The lowest BCUT2D eigenvalue weighted by Crippen LogP contribution is -2.60. The van der Waals surface area contributed by atoms with Gasteiger partial charge < -0.3 is 60.2 Å². The minimum Gasteiger partial charge on any atom is -0.504 e. The maximum absolute atomic E-state index is 12.4. The summed E-state index contributed by atoms with van der Waals surface area (Å²) in [5, 5.41) is 87.1. The van der Waals surface area contributed by atoms with Gasteiger partial charge in [0.25, 0.3) is 0 Å². The second-order valence-electron chi connectivity index (χ2n) is 7.24. The summed E-state index contributed by atoms with van der Waals surface area (Å²) in [5.41, 5.74) is -0.850. The van der Waals surface area contributed by atoms with Crippen LogP contribution in [0, 0.1) is 0 Å². The number of aromatic hydroxyl groups is 6. The highest BCUT2D eigenvalue weighted by Crippen LogP contribution is 2.37. The SMILES string of the molecule is O=C(OC[C@H]1O[C@H](O)[C@@H](O)[C@H](OC(=O)c2cc(O)c(O)c(O)c2)[C@@H]1O)c1cc(O)c(O)c(O)c1. The van der Waals surface area contributed by atoms with Gasteiger partial charge in [-0.15, -0.1) is 0 Å². The number of aliphatic hydroxyl groups excluding tert-OH is 3. The average Bonchev–Trinajstić information content (AvgIpc) is 2.79. The molecule has 14 nitrogen and oxygen atoms in total. The minimum absolute atomic E-state index is 0.381. The van der Waals surface area contributed by atoms with E-state index < -0.39 is 89.3 Å². The fourth-order valence-electron chi connectivity index (χ4n) is 3.07. The van der Waals surface area contributed by atoms with Crippen molar-refractivity contribution in [2.24, 2.45) is 0 Å². The first kappa shape index (κ1) is 24.7. The standard InChI is InChI=1S/C20H20O14/c21-8-1-6(2-9(22)13(8)25)18(29)32-5-12-15(27)17(16(28)20(31)33-12)34-19(30)7-3-10(23)14(26)11(24)4-7/h1-4,12,15-17,20-28,31H,5H2/t12-,15-,16+,17-,20+/m1/s1. The Labute approximate surface area is 189 Å². The van der Waals surface area contributed by atoms with Crippen LogP contribution < -0.4 is 0 Å². The normalized spacial score (nSPS) is 24.4. The number of rotatable bonds is 5. The number of aliphatic hydroxyl groups is 3. The zero-order valence-corrected chi connectivity index (χ0v) is 17.0. The Kier molecular flexibility index (Phi) is 6.88. The van der Waals surface area contributed by atoms with Gasteiger partial charge in [-0.1, -0.05) is 0 Å². The summed E-state index contributed by atoms with van der Waals surface area (Å²) in [6, 6.07) is 3.07. The topological polar surface area (TPSA) is 244 Å². The second-order valence-corrected chi connectivity index (χ2v) is 7.24. The van der Waals surface area contributed by atoms with Crippen molar-refractivity contribution in [3.05, 3.63) is 35.4 Å². The van der Waals surface area contributed by atoms with E-state index in [9.17, 15) is 55.5 Å². The summed E-state index contributed by atoms with van der Waals surface area (Å²) in [7, 11) is 0. The highest BCUT2D eigenvalue weighted by Gasteiger charge is 2.47. The first-order valence-electron chi connectivity index (χ1n) is 9.48. The third kappa shape index (κ3) is 4.84. The largest absolute Gasteiger partial charge is 0.504 e. The molecule has 0 bridgehead atoms. The molecule has 2 aromatic rings. The molecule has 3 rings (SSSR count). The number of benzene rings is 2. The van der Waals surface area contributed by atoms with E-state index in [-0.39, 0.29) is 5.56 Å². The van der Waals surface area contributed by atoms with E-state index in [2.05, 4.69) is 0 Å². The van der Waals surface area contributed by atoms with Gasteiger partial charge >= 0.3 is 11.9 Å². The molecular formula is C20H20O14. The molecule has 0 radical (unpaired) electrons. The molecule has 1 saturated heterocycles. The molecule has 1 aliphatic rings. The van der Waals surface area contributed by atoms with Gasteiger partial charge in [0, 0.05) is 0 Å². The maximum atomic E-state index is 12.4. The number of phenols is 6. The van der Waals surface area contributed by atoms with Crippen molar-refractivity contribution in [1.29, 1.82) is 0 Å². The molecule has 1 heterocycles. The van der Waals surface area contributed by atoms with Crippen LogP contribution in [0.1, 0.15) is 20.7 Å². The molecule has 34 heavy (non-hydrogen) atoms. The lowest BCUT2D eigenvalue weighted by atomic mass is 9.99. The van der Waals surface area contributed by atoms with Crippen molar-refractivity contribution in [1.82, 2.24) is 0 Å². The summed E-state index contributed by atoms with van der Waals surface area (Å²) in [6.07, 6.45) is -9.14. The summed E-state index contributed by atoms with van der Waals surface area (Å²) < 4.78 is 14.8. The molecule has 2 aromatic carbocycles. The molecule has 1 aliphatic heterocycles. The number of carbonyl (C=O) groups excluding carboxylic acids is 2. The van der Waals surface area contributed by atoms with E-state index in [0.29, 0.717) is 0 Å². The van der Waals surface area contributed by atoms with Crippen molar-refractivity contribution < 1.29 is 69.8 Å². The van der Waals surface area contributed by atoms with Gasteiger partial charge in [0.15, 0.2) is 46.9 Å². The molecule has 14 heteroatoms. The Hall–Kier alpha value is -3.98. The van der Waals surface area contributed by atoms with Crippen LogP contribution in [0.15, 0.2) is 24.3 Å². The van der Waals surface area contributed by atoms with Gasteiger partial charge in [-0.3, -0.25) is 0 Å². The average molecular weight is 484 g/mol. The Morgan fingerprint density at radius 1 is 0.735 bits per heavy atom. The number of esters is 2. The van der Waals surface area contributed by atoms with E-state index in [1.165, 1.54) is 0 Å². The molecule has 1 fully saturated rings. The lowest BCUT2D eigenvalue weighted by Gasteiger charge is -2.39. The van der Waals surface area contributed by atoms with Crippen molar-refractivity contribution in [2.75, 3.05) is 6.61 Å². The second kappa shape index (κ2) is 9.48. The molecule has 0 aromatic heterocycles. The van der Waals surface area contributed by atoms with Crippen LogP contribution in [0.5, 0.6) is 34.5 Å². The molecular weight excluding hydrogens is 464 g/mol. The van der Waals surface area contributed by atoms with Crippen LogP contribution >= 0.6 is 0 Å². The monoisotopic (exact) mass is 484 g/mol. The van der Waals surface area contributed by atoms with E-state index in [1.807, 2.05) is 0 Å². The van der Waals surface area contributed by atoms with Crippen molar-refractivity contribution in [3.63, 3.8) is 0 Å². The lowest BCUT2D eigenvalue weighted by molar-refractivity contribution is -0.285. The van der Waals surface area contributed by atoms with E-state index in [0.717, 1.165) is 24.3 Å². The van der Waals surface area contributed by atoms with E-state index >= 15 is 0 Å². The molecule has 184 valence electrons.